The summed E-state index contributed by atoms with van der Waals surface area (Å²) < 4.78 is 38.1. The van der Waals surface area contributed by atoms with Crippen LogP contribution in [0.2, 0.25) is 0 Å². The lowest BCUT2D eigenvalue weighted by Crippen LogP contribution is -2.07. The van der Waals surface area contributed by atoms with E-state index in [0.29, 0.717) is 18.1 Å². The van der Waals surface area contributed by atoms with Crippen LogP contribution >= 0.6 is 15.9 Å². The molecule has 0 radical (unpaired) electrons. The normalized spacial score (nSPS) is 11.5. The third-order valence-corrected chi connectivity index (χ3v) is 4.01. The molecule has 112 valence electrons. The van der Waals surface area contributed by atoms with Crippen molar-refractivity contribution in [2.24, 2.45) is 0 Å². The number of benzene rings is 1. The van der Waals surface area contributed by atoms with Crippen LogP contribution in [0, 0.1) is 6.92 Å². The van der Waals surface area contributed by atoms with Crippen LogP contribution in [0.4, 0.5) is 24.7 Å². The van der Waals surface area contributed by atoms with E-state index in [1.165, 1.54) is 18.3 Å². The van der Waals surface area contributed by atoms with E-state index in [4.69, 9.17) is 5.73 Å². The number of alkyl halides is 3. The molecule has 21 heavy (non-hydrogen) atoms. The Morgan fingerprint density at radius 3 is 2.43 bits per heavy atom. The molecule has 3 nitrogen and oxygen atoms in total. The van der Waals surface area contributed by atoms with Gasteiger partial charge in [0.05, 0.1) is 21.9 Å². The van der Waals surface area contributed by atoms with Crippen LogP contribution in [-0.4, -0.2) is 4.98 Å². The Kier molecular flexibility index (Phi) is 4.41. The summed E-state index contributed by atoms with van der Waals surface area (Å²) in [5, 5.41) is 3.06. The van der Waals surface area contributed by atoms with E-state index in [1.807, 2.05) is 6.92 Å². The van der Waals surface area contributed by atoms with Crippen molar-refractivity contribution in [3.63, 3.8) is 0 Å². The monoisotopic (exact) mass is 359 g/mol. The summed E-state index contributed by atoms with van der Waals surface area (Å²) in [6, 6.07) is 5.00. The van der Waals surface area contributed by atoms with Gasteiger partial charge in [-0.15, -0.1) is 0 Å². The predicted molar refractivity (Wildman–Crippen MR) is 79.9 cm³/mol. The Bertz CT molecular complexity index is 639. The van der Waals surface area contributed by atoms with Crippen LogP contribution in [0.15, 0.2) is 34.9 Å². The maximum atomic E-state index is 12.5. The van der Waals surface area contributed by atoms with Crippen LogP contribution in [0.5, 0.6) is 0 Å². The second kappa shape index (κ2) is 5.93. The average molecular weight is 360 g/mol. The number of hydrogen-bond acceptors (Lipinski definition) is 3. The molecule has 2 aromatic rings. The first kappa shape index (κ1) is 15.6. The van der Waals surface area contributed by atoms with E-state index in [2.05, 4.69) is 26.2 Å². The standard InChI is InChI=1S/C14H13BrF3N3/c1-8-11(19)7-21-13(12(8)15)20-6-9-2-4-10(5-3-9)14(16,17)18/h2-5,7H,6,19H2,1H3,(H,20,21). The van der Waals surface area contributed by atoms with E-state index in [1.54, 1.807) is 0 Å². The molecule has 0 aliphatic rings. The van der Waals surface area contributed by atoms with Gasteiger partial charge in [-0.3, -0.25) is 0 Å². The molecule has 0 atom stereocenters. The Balaban J connectivity index is 2.09. The Labute approximate surface area is 128 Å². The molecule has 1 aromatic carbocycles. The number of hydrogen-bond donors (Lipinski definition) is 2. The summed E-state index contributed by atoms with van der Waals surface area (Å²) in [5.74, 6) is 0.599. The largest absolute Gasteiger partial charge is 0.416 e. The van der Waals surface area contributed by atoms with Gasteiger partial charge in [0.2, 0.25) is 0 Å². The first-order chi connectivity index (χ1) is 9.79. The molecule has 0 saturated carbocycles. The summed E-state index contributed by atoms with van der Waals surface area (Å²) in [4.78, 5) is 4.15. The van der Waals surface area contributed by atoms with Gasteiger partial charge in [-0.25, -0.2) is 4.98 Å². The van der Waals surface area contributed by atoms with Crippen LogP contribution in [0.1, 0.15) is 16.7 Å². The first-order valence-corrected chi connectivity index (χ1v) is 6.89. The third kappa shape index (κ3) is 3.66. The van der Waals surface area contributed by atoms with Gasteiger partial charge in [0.25, 0.3) is 0 Å². The zero-order valence-electron chi connectivity index (χ0n) is 11.1. The minimum atomic E-state index is -4.31. The van der Waals surface area contributed by atoms with Gasteiger partial charge in [-0.05, 0) is 46.1 Å². The molecular weight excluding hydrogens is 347 g/mol. The summed E-state index contributed by atoms with van der Waals surface area (Å²) >= 11 is 3.39. The van der Waals surface area contributed by atoms with Gasteiger partial charge < -0.3 is 11.1 Å². The fraction of sp³-hybridized carbons (Fsp3) is 0.214. The summed E-state index contributed by atoms with van der Waals surface area (Å²) in [6.07, 6.45) is -2.78. The highest BCUT2D eigenvalue weighted by molar-refractivity contribution is 9.10. The number of nitrogens with two attached hydrogens (primary N) is 1. The van der Waals surface area contributed by atoms with Gasteiger partial charge in [0, 0.05) is 6.54 Å². The number of anilines is 2. The number of nitrogens with zero attached hydrogens (tertiary/aromatic N) is 1. The average Bonchev–Trinajstić information content (AvgIpc) is 2.43. The topological polar surface area (TPSA) is 50.9 Å². The highest BCUT2D eigenvalue weighted by atomic mass is 79.9. The van der Waals surface area contributed by atoms with Gasteiger partial charge in [0.15, 0.2) is 0 Å². The van der Waals surface area contributed by atoms with Crippen molar-refractivity contribution in [3.8, 4) is 0 Å². The lowest BCUT2D eigenvalue weighted by atomic mass is 10.1. The van der Waals surface area contributed by atoms with Crippen molar-refractivity contribution in [2.45, 2.75) is 19.6 Å². The number of nitrogen functional groups attached to an aromatic ring is 1. The van der Waals surface area contributed by atoms with E-state index in [0.717, 1.165) is 27.7 Å². The fourth-order valence-electron chi connectivity index (χ4n) is 1.71. The molecule has 0 aliphatic heterocycles. The molecule has 0 bridgehead atoms. The molecular formula is C14H13BrF3N3. The molecule has 0 amide bonds. The van der Waals surface area contributed by atoms with E-state index in [9.17, 15) is 13.2 Å². The minimum Gasteiger partial charge on any atom is -0.397 e. The summed E-state index contributed by atoms with van der Waals surface area (Å²) in [6.45, 7) is 2.22. The van der Waals surface area contributed by atoms with Gasteiger partial charge in [-0.2, -0.15) is 13.2 Å². The number of pyridine rings is 1. The first-order valence-electron chi connectivity index (χ1n) is 6.09. The summed E-state index contributed by atoms with van der Waals surface area (Å²) in [5.41, 5.74) is 7.23. The van der Waals surface area contributed by atoms with Gasteiger partial charge in [0.1, 0.15) is 5.82 Å². The Morgan fingerprint density at radius 1 is 1.24 bits per heavy atom. The minimum absolute atomic E-state index is 0.368. The zero-order valence-corrected chi connectivity index (χ0v) is 12.7. The number of aromatic nitrogens is 1. The quantitative estimate of drug-likeness (QED) is 0.855. The number of halogens is 4. The van der Waals surface area contributed by atoms with E-state index < -0.39 is 11.7 Å². The van der Waals surface area contributed by atoms with Crippen molar-refractivity contribution < 1.29 is 13.2 Å². The maximum Gasteiger partial charge on any atom is 0.416 e. The highest BCUT2D eigenvalue weighted by Crippen LogP contribution is 2.30. The third-order valence-electron chi connectivity index (χ3n) is 3.04. The van der Waals surface area contributed by atoms with Crippen molar-refractivity contribution in [1.82, 2.24) is 4.98 Å². The Morgan fingerprint density at radius 2 is 1.86 bits per heavy atom. The molecule has 1 aromatic heterocycles. The van der Waals surface area contributed by atoms with Crippen molar-refractivity contribution in [1.29, 1.82) is 0 Å². The second-order valence-corrected chi connectivity index (χ2v) is 5.34. The van der Waals surface area contributed by atoms with E-state index >= 15 is 0 Å². The van der Waals surface area contributed by atoms with Crippen LogP contribution in [0.25, 0.3) is 0 Å². The van der Waals surface area contributed by atoms with Gasteiger partial charge >= 0.3 is 6.18 Å². The highest BCUT2D eigenvalue weighted by Gasteiger charge is 2.29. The molecule has 1 heterocycles. The van der Waals surface area contributed by atoms with Crippen LogP contribution in [-0.2, 0) is 12.7 Å². The second-order valence-electron chi connectivity index (χ2n) is 4.55. The molecule has 0 aliphatic carbocycles. The Hall–Kier alpha value is -1.76. The fourth-order valence-corrected chi connectivity index (χ4v) is 2.18. The maximum absolute atomic E-state index is 12.5. The molecule has 0 spiro atoms. The molecule has 0 unspecified atom stereocenters. The molecule has 3 N–H and O–H groups in total. The van der Waals surface area contributed by atoms with Crippen molar-refractivity contribution in [2.75, 3.05) is 11.1 Å². The molecule has 0 fully saturated rings. The van der Waals surface area contributed by atoms with Crippen LogP contribution < -0.4 is 11.1 Å². The number of nitrogens with one attached hydrogen (secondary N) is 1. The van der Waals surface area contributed by atoms with Crippen molar-refractivity contribution in [3.05, 3.63) is 51.6 Å². The predicted octanol–water partition coefficient (Wildman–Crippen LogP) is 4.37. The smallest absolute Gasteiger partial charge is 0.397 e. The molecule has 0 saturated heterocycles. The van der Waals surface area contributed by atoms with E-state index in [-0.39, 0.29) is 0 Å². The SMILES string of the molecule is Cc1c(N)cnc(NCc2ccc(C(F)(F)F)cc2)c1Br. The summed E-state index contributed by atoms with van der Waals surface area (Å²) in [7, 11) is 0. The molecule has 7 heteroatoms. The lowest BCUT2D eigenvalue weighted by Gasteiger charge is -2.12. The van der Waals surface area contributed by atoms with Crippen LogP contribution in [0.3, 0.4) is 0 Å². The number of rotatable bonds is 3. The molecule has 2 rings (SSSR count). The van der Waals surface area contributed by atoms with Gasteiger partial charge in [-0.1, -0.05) is 12.1 Å². The van der Waals surface area contributed by atoms with Crippen molar-refractivity contribution >= 4 is 27.4 Å². The zero-order chi connectivity index (χ0) is 15.6. The lowest BCUT2D eigenvalue weighted by molar-refractivity contribution is -0.137.